The minimum atomic E-state index is -0.489. The number of likely N-dealkylation sites (tertiary alicyclic amines) is 1. The van der Waals surface area contributed by atoms with Crippen LogP contribution >= 0.6 is 11.6 Å². The number of ether oxygens (including phenoxy) is 1. The third-order valence-electron chi connectivity index (χ3n) is 6.94. The minimum absolute atomic E-state index is 0.0294. The van der Waals surface area contributed by atoms with E-state index < -0.39 is 6.10 Å². The number of nitrogens with zero attached hydrogens (tertiary/aromatic N) is 5. The lowest BCUT2D eigenvalue weighted by Gasteiger charge is -2.41. The fourth-order valence-electron chi connectivity index (χ4n) is 4.89. The Morgan fingerprint density at radius 3 is 2.67 bits per heavy atom. The van der Waals surface area contributed by atoms with Gasteiger partial charge in [-0.2, -0.15) is 5.10 Å². The Balaban J connectivity index is 1.53. The van der Waals surface area contributed by atoms with Crippen molar-refractivity contribution in [3.8, 4) is 5.75 Å². The lowest BCUT2D eigenvalue weighted by molar-refractivity contribution is -0.137. The highest BCUT2D eigenvalue weighted by atomic mass is 35.5. The Hall–Kier alpha value is -2.91. The second-order valence-electron chi connectivity index (χ2n) is 9.03. The second-order valence-corrected chi connectivity index (χ2v) is 9.44. The normalized spacial score (nSPS) is 21.2. The van der Waals surface area contributed by atoms with Gasteiger partial charge < -0.3 is 20.5 Å². The summed E-state index contributed by atoms with van der Waals surface area (Å²) in [5.74, 6) is 1.04. The Morgan fingerprint density at radius 2 is 2.03 bits per heavy atom. The first-order valence-corrected chi connectivity index (χ1v) is 11.4. The molecule has 0 radical (unpaired) electrons. The van der Waals surface area contributed by atoms with Crippen molar-refractivity contribution in [2.24, 2.45) is 5.92 Å². The number of aromatic nitrogens is 4. The fourth-order valence-corrected chi connectivity index (χ4v) is 5.11. The number of hydrogen-bond donors (Lipinski definition) is 2. The highest BCUT2D eigenvalue weighted by Crippen LogP contribution is 2.45. The number of anilines is 1. The smallest absolute Gasteiger partial charge is 0.228 e. The molecule has 33 heavy (non-hydrogen) atoms. The molecule has 3 aromatic rings. The molecule has 3 N–H and O–H groups in total. The average Bonchev–Trinajstić information content (AvgIpc) is 3.39. The number of carbonyl (C=O) groups excluding carboxylic acids is 1. The minimum Gasteiger partial charge on any atom is -0.496 e. The zero-order chi connectivity index (χ0) is 23.6. The van der Waals surface area contributed by atoms with Crippen molar-refractivity contribution in [3.05, 3.63) is 39.8 Å². The lowest BCUT2D eigenvalue weighted by Crippen LogP contribution is -2.49. The first-order chi connectivity index (χ1) is 15.7. The summed E-state index contributed by atoms with van der Waals surface area (Å²) in [5, 5.41) is 15.7. The highest BCUT2D eigenvalue weighted by molar-refractivity contribution is 6.31. The molecule has 3 atom stereocenters. The number of amides is 1. The Bertz CT molecular complexity index is 1270. The van der Waals surface area contributed by atoms with Gasteiger partial charge in [-0.25, -0.2) is 14.6 Å². The first-order valence-electron chi connectivity index (χ1n) is 11.0. The molecular formula is C23H27ClN6O3. The number of benzene rings is 1. The summed E-state index contributed by atoms with van der Waals surface area (Å²) in [5.41, 5.74) is 10.3. The molecule has 3 unspecified atom stereocenters. The molecule has 9 nitrogen and oxygen atoms in total. The number of halogens is 1. The second kappa shape index (κ2) is 7.85. The summed E-state index contributed by atoms with van der Waals surface area (Å²) in [4.78, 5) is 22.8. The molecule has 3 heterocycles. The van der Waals surface area contributed by atoms with Crippen molar-refractivity contribution in [2.75, 3.05) is 25.9 Å². The van der Waals surface area contributed by atoms with Gasteiger partial charge in [0.25, 0.3) is 0 Å². The van der Waals surface area contributed by atoms with Gasteiger partial charge in [-0.05, 0) is 38.8 Å². The number of fused-ring (bicyclic) bond motifs is 1. The number of nitrogen functional groups attached to an aromatic ring is 1. The van der Waals surface area contributed by atoms with Crippen LogP contribution in [0.4, 0.5) is 5.82 Å². The molecular weight excluding hydrogens is 444 g/mol. The fraction of sp³-hybridized carbons (Fsp3) is 0.478. The third kappa shape index (κ3) is 3.41. The largest absolute Gasteiger partial charge is 0.496 e. The van der Waals surface area contributed by atoms with Gasteiger partial charge in [0.05, 0.1) is 36.3 Å². The SMILES string of the molecule is COc1c(C(C)n2nc(C)c3c(N)ncnc32)cc(Cl)c(C)c1C1CN(C(=O)C2CC2O)C1. The zero-order valence-electron chi connectivity index (χ0n) is 19.0. The number of hydrogen-bond acceptors (Lipinski definition) is 7. The van der Waals surface area contributed by atoms with E-state index in [9.17, 15) is 9.90 Å². The van der Waals surface area contributed by atoms with Gasteiger partial charge in [0.15, 0.2) is 5.65 Å². The number of aliphatic hydroxyl groups excluding tert-OH is 1. The van der Waals surface area contributed by atoms with E-state index >= 15 is 0 Å². The molecule has 10 heteroatoms. The predicted octanol–water partition coefficient (Wildman–Crippen LogP) is 2.60. The molecule has 2 aromatic heterocycles. The Labute approximate surface area is 196 Å². The highest BCUT2D eigenvalue weighted by Gasteiger charge is 2.47. The van der Waals surface area contributed by atoms with Crippen molar-refractivity contribution in [1.29, 1.82) is 0 Å². The monoisotopic (exact) mass is 470 g/mol. The van der Waals surface area contributed by atoms with E-state index in [4.69, 9.17) is 27.2 Å². The van der Waals surface area contributed by atoms with Gasteiger partial charge >= 0.3 is 0 Å². The van der Waals surface area contributed by atoms with E-state index in [1.54, 1.807) is 12.0 Å². The van der Waals surface area contributed by atoms with E-state index in [-0.39, 0.29) is 23.8 Å². The molecule has 1 saturated carbocycles. The molecule has 5 rings (SSSR count). The molecule has 2 aliphatic rings. The standard InChI is InChI=1S/C23H27ClN6O3/c1-10-16(24)5-14(12(3)30-22-19(11(2)28-30)21(25)26-9-27-22)20(33-4)18(10)13-7-29(8-13)23(32)15-6-17(15)31/h5,9,12-13,15,17,31H,6-8H2,1-4H3,(H2,25,26,27). The van der Waals surface area contributed by atoms with E-state index in [0.717, 1.165) is 33.5 Å². The van der Waals surface area contributed by atoms with Crippen molar-refractivity contribution in [2.45, 2.75) is 45.3 Å². The van der Waals surface area contributed by atoms with Crippen molar-refractivity contribution in [1.82, 2.24) is 24.6 Å². The van der Waals surface area contributed by atoms with Gasteiger partial charge in [0.2, 0.25) is 5.91 Å². The predicted molar refractivity (Wildman–Crippen MR) is 124 cm³/mol. The maximum absolute atomic E-state index is 12.5. The zero-order valence-corrected chi connectivity index (χ0v) is 19.8. The van der Waals surface area contributed by atoms with Crippen molar-refractivity contribution >= 4 is 34.4 Å². The summed E-state index contributed by atoms with van der Waals surface area (Å²) in [6.07, 6.45) is 1.51. The van der Waals surface area contributed by atoms with E-state index in [2.05, 4.69) is 9.97 Å². The van der Waals surface area contributed by atoms with Gasteiger partial charge in [-0.15, -0.1) is 0 Å². The molecule has 1 saturated heterocycles. The topological polar surface area (TPSA) is 119 Å². The van der Waals surface area contributed by atoms with Crippen LogP contribution in [0.1, 0.15) is 47.7 Å². The van der Waals surface area contributed by atoms with Crippen LogP contribution in [-0.2, 0) is 4.79 Å². The van der Waals surface area contributed by atoms with Crippen LogP contribution in [0.3, 0.4) is 0 Å². The van der Waals surface area contributed by atoms with Gasteiger partial charge in [0, 0.05) is 35.2 Å². The Morgan fingerprint density at radius 1 is 1.33 bits per heavy atom. The van der Waals surface area contributed by atoms with Gasteiger partial charge in [-0.3, -0.25) is 4.79 Å². The molecule has 0 spiro atoms. The van der Waals surface area contributed by atoms with Crippen molar-refractivity contribution < 1.29 is 14.6 Å². The van der Waals surface area contributed by atoms with Crippen LogP contribution in [0.25, 0.3) is 11.0 Å². The molecule has 2 fully saturated rings. The number of methoxy groups -OCH3 is 1. The average molecular weight is 471 g/mol. The summed E-state index contributed by atoms with van der Waals surface area (Å²) in [6, 6.07) is 1.68. The molecule has 1 aliphatic heterocycles. The first kappa shape index (κ1) is 21.9. The number of nitrogens with two attached hydrogens (primary N) is 1. The number of carbonyl (C=O) groups is 1. The van der Waals surface area contributed by atoms with Crippen LogP contribution in [0, 0.1) is 19.8 Å². The summed E-state index contributed by atoms with van der Waals surface area (Å²) in [6.45, 7) is 7.04. The molecule has 0 bridgehead atoms. The van der Waals surface area contributed by atoms with Gasteiger partial charge in [-0.1, -0.05) is 11.6 Å². The summed E-state index contributed by atoms with van der Waals surface area (Å²) < 4.78 is 7.75. The van der Waals surface area contributed by atoms with Crippen LogP contribution in [0.2, 0.25) is 5.02 Å². The van der Waals surface area contributed by atoms with Gasteiger partial charge in [0.1, 0.15) is 17.9 Å². The number of aryl methyl sites for hydroxylation is 1. The van der Waals surface area contributed by atoms with Crippen LogP contribution in [-0.4, -0.2) is 62.0 Å². The van der Waals surface area contributed by atoms with Crippen LogP contribution in [0.5, 0.6) is 5.75 Å². The summed E-state index contributed by atoms with van der Waals surface area (Å²) >= 11 is 6.69. The Kier molecular flexibility index (Phi) is 5.21. The maximum atomic E-state index is 12.5. The number of rotatable bonds is 5. The summed E-state index contributed by atoms with van der Waals surface area (Å²) in [7, 11) is 1.65. The quantitative estimate of drug-likeness (QED) is 0.588. The molecule has 1 amide bonds. The number of aliphatic hydroxyl groups is 1. The lowest BCUT2D eigenvalue weighted by atomic mass is 9.85. The van der Waals surface area contributed by atoms with E-state index in [1.165, 1.54) is 6.33 Å². The third-order valence-corrected chi connectivity index (χ3v) is 7.33. The maximum Gasteiger partial charge on any atom is 0.228 e. The van der Waals surface area contributed by atoms with Crippen LogP contribution < -0.4 is 10.5 Å². The van der Waals surface area contributed by atoms with Crippen LogP contribution in [0.15, 0.2) is 12.4 Å². The van der Waals surface area contributed by atoms with Crippen molar-refractivity contribution in [3.63, 3.8) is 0 Å². The molecule has 174 valence electrons. The molecule has 1 aliphatic carbocycles. The van der Waals surface area contributed by atoms with E-state index in [1.807, 2.05) is 31.5 Å². The van der Waals surface area contributed by atoms with E-state index in [0.29, 0.717) is 36.0 Å². The molecule has 1 aromatic carbocycles.